The summed E-state index contributed by atoms with van der Waals surface area (Å²) in [6, 6.07) is 15.6. The number of rotatable bonds is 9. The maximum atomic E-state index is 12.1. The second kappa shape index (κ2) is 10.5. The molecule has 2 aromatic carbocycles. The first-order valence-electron chi connectivity index (χ1n) is 10.8. The standard InChI is InChI=1S/C24H26N2O7/c27-21(26-20-9-11-32-22(20)23(28)29)14-31-12-10-25-24(30)33-13-19-17-7-3-1-5-15(17)16-6-2-4-8-18(16)19/h1-8,19-20,22H,9-14H2,(H,25,30)(H,26,27)(H,28,29)/t20-,22+/m0/s1. The third-order valence-corrected chi connectivity index (χ3v) is 5.77. The average molecular weight is 454 g/mol. The zero-order chi connectivity index (χ0) is 23.2. The quantitative estimate of drug-likeness (QED) is 0.495. The van der Waals surface area contributed by atoms with Crippen LogP contribution in [-0.2, 0) is 23.8 Å². The van der Waals surface area contributed by atoms with Gasteiger partial charge in [0.25, 0.3) is 0 Å². The number of fused-ring (bicyclic) bond motifs is 3. The fraction of sp³-hybridized carbons (Fsp3) is 0.375. The molecular formula is C24H26N2O7. The number of ether oxygens (including phenoxy) is 3. The van der Waals surface area contributed by atoms with Gasteiger partial charge in [0.05, 0.1) is 12.6 Å². The highest BCUT2D eigenvalue weighted by Gasteiger charge is 2.35. The van der Waals surface area contributed by atoms with Crippen LogP contribution in [0.15, 0.2) is 48.5 Å². The van der Waals surface area contributed by atoms with E-state index in [1.54, 1.807) is 0 Å². The van der Waals surface area contributed by atoms with Crippen molar-refractivity contribution in [1.29, 1.82) is 0 Å². The molecule has 0 spiro atoms. The van der Waals surface area contributed by atoms with Crippen molar-refractivity contribution < 1.29 is 33.7 Å². The molecule has 0 aromatic heterocycles. The van der Waals surface area contributed by atoms with Crippen molar-refractivity contribution in [3.05, 3.63) is 59.7 Å². The van der Waals surface area contributed by atoms with Crippen LogP contribution in [0.5, 0.6) is 0 Å². The summed E-state index contributed by atoms with van der Waals surface area (Å²) in [5.41, 5.74) is 4.59. The van der Waals surface area contributed by atoms with E-state index < -0.39 is 30.1 Å². The minimum atomic E-state index is -1.11. The monoisotopic (exact) mass is 454 g/mol. The number of alkyl carbamates (subject to hydrolysis) is 1. The first kappa shape index (κ1) is 22.8. The first-order chi connectivity index (χ1) is 16.0. The van der Waals surface area contributed by atoms with Gasteiger partial charge >= 0.3 is 12.1 Å². The first-order valence-corrected chi connectivity index (χ1v) is 10.8. The molecule has 0 bridgehead atoms. The minimum absolute atomic E-state index is 0.0164. The van der Waals surface area contributed by atoms with Gasteiger partial charge < -0.3 is 30.0 Å². The van der Waals surface area contributed by atoms with Crippen molar-refractivity contribution in [2.45, 2.75) is 24.5 Å². The van der Waals surface area contributed by atoms with Crippen LogP contribution < -0.4 is 10.6 Å². The number of hydrogen-bond acceptors (Lipinski definition) is 6. The molecule has 174 valence electrons. The lowest BCUT2D eigenvalue weighted by atomic mass is 9.98. The second-order valence-corrected chi connectivity index (χ2v) is 7.90. The highest BCUT2D eigenvalue weighted by atomic mass is 16.5. The SMILES string of the molecule is O=C(COCCNC(=O)OCC1c2ccccc2-c2ccccc21)N[C@H]1CCO[C@H]1C(=O)O. The van der Waals surface area contributed by atoms with Crippen molar-refractivity contribution in [3.8, 4) is 11.1 Å². The van der Waals surface area contributed by atoms with Crippen LogP contribution in [0.4, 0.5) is 4.79 Å². The summed E-state index contributed by atoms with van der Waals surface area (Å²) in [5.74, 6) is -1.55. The molecule has 2 atom stereocenters. The molecule has 0 unspecified atom stereocenters. The molecule has 1 fully saturated rings. The normalized spacial score (nSPS) is 18.9. The molecule has 1 aliphatic carbocycles. The molecule has 1 saturated heterocycles. The van der Waals surface area contributed by atoms with Crippen molar-refractivity contribution >= 4 is 18.0 Å². The van der Waals surface area contributed by atoms with Gasteiger partial charge in [0.15, 0.2) is 6.10 Å². The minimum Gasteiger partial charge on any atom is -0.479 e. The summed E-state index contributed by atoms with van der Waals surface area (Å²) < 4.78 is 15.8. The largest absolute Gasteiger partial charge is 0.479 e. The number of amides is 2. The van der Waals surface area contributed by atoms with Crippen molar-refractivity contribution in [1.82, 2.24) is 10.6 Å². The molecule has 4 rings (SSSR count). The van der Waals surface area contributed by atoms with Crippen LogP contribution in [0.25, 0.3) is 11.1 Å². The third kappa shape index (κ3) is 5.32. The summed E-state index contributed by atoms with van der Waals surface area (Å²) in [7, 11) is 0. The number of aliphatic carboxylic acids is 1. The Balaban J connectivity index is 1.15. The number of carbonyl (C=O) groups excluding carboxylic acids is 2. The Morgan fingerprint density at radius 2 is 1.70 bits per heavy atom. The number of nitrogens with one attached hydrogen (secondary N) is 2. The summed E-state index contributed by atoms with van der Waals surface area (Å²) in [6.07, 6.45) is -1.16. The van der Waals surface area contributed by atoms with Gasteiger partial charge in [0.1, 0.15) is 13.2 Å². The van der Waals surface area contributed by atoms with Crippen molar-refractivity contribution in [3.63, 3.8) is 0 Å². The van der Waals surface area contributed by atoms with Crippen LogP contribution in [0.3, 0.4) is 0 Å². The number of carboxylic acids is 1. The van der Waals surface area contributed by atoms with Crippen LogP contribution in [0, 0.1) is 0 Å². The van der Waals surface area contributed by atoms with E-state index in [9.17, 15) is 14.4 Å². The summed E-state index contributed by atoms with van der Waals surface area (Å²) in [5, 5.41) is 14.2. The molecular weight excluding hydrogens is 428 g/mol. The van der Waals surface area contributed by atoms with Gasteiger partial charge in [-0.2, -0.15) is 0 Å². The Bertz CT molecular complexity index is 980. The van der Waals surface area contributed by atoms with E-state index in [2.05, 4.69) is 34.9 Å². The number of hydrogen-bond donors (Lipinski definition) is 3. The van der Waals surface area contributed by atoms with Crippen LogP contribution in [0.2, 0.25) is 0 Å². The predicted molar refractivity (Wildman–Crippen MR) is 118 cm³/mol. The Kier molecular flexibility index (Phi) is 7.21. The average Bonchev–Trinajstić information content (AvgIpc) is 3.40. The lowest BCUT2D eigenvalue weighted by Crippen LogP contribution is -2.45. The Morgan fingerprint density at radius 3 is 2.36 bits per heavy atom. The summed E-state index contributed by atoms with van der Waals surface area (Å²) in [4.78, 5) is 35.1. The Morgan fingerprint density at radius 1 is 1.03 bits per heavy atom. The van der Waals surface area contributed by atoms with Crippen LogP contribution >= 0.6 is 0 Å². The topological polar surface area (TPSA) is 123 Å². The fourth-order valence-corrected chi connectivity index (χ4v) is 4.27. The van der Waals surface area contributed by atoms with E-state index in [0.717, 1.165) is 22.3 Å². The van der Waals surface area contributed by atoms with E-state index in [1.807, 2.05) is 24.3 Å². The van der Waals surface area contributed by atoms with Gasteiger partial charge in [-0.25, -0.2) is 9.59 Å². The maximum Gasteiger partial charge on any atom is 0.407 e. The van der Waals surface area contributed by atoms with Crippen molar-refractivity contribution in [2.75, 3.05) is 33.0 Å². The number of carboxylic acid groups (broad SMARTS) is 1. The van der Waals surface area contributed by atoms with Gasteiger partial charge in [-0.3, -0.25) is 4.79 Å². The lowest BCUT2D eigenvalue weighted by Gasteiger charge is -2.16. The summed E-state index contributed by atoms with van der Waals surface area (Å²) >= 11 is 0. The third-order valence-electron chi connectivity index (χ3n) is 5.77. The molecule has 3 N–H and O–H groups in total. The molecule has 1 aliphatic heterocycles. The lowest BCUT2D eigenvalue weighted by molar-refractivity contribution is -0.148. The molecule has 1 heterocycles. The zero-order valence-electron chi connectivity index (χ0n) is 18.0. The fourth-order valence-electron chi connectivity index (χ4n) is 4.27. The number of benzene rings is 2. The Labute approximate surface area is 191 Å². The smallest absolute Gasteiger partial charge is 0.407 e. The Hall–Kier alpha value is -3.43. The molecule has 2 aliphatic rings. The van der Waals surface area contributed by atoms with Crippen LogP contribution in [0.1, 0.15) is 23.5 Å². The maximum absolute atomic E-state index is 12.1. The highest BCUT2D eigenvalue weighted by Crippen LogP contribution is 2.44. The van der Waals surface area contributed by atoms with Gasteiger partial charge in [0.2, 0.25) is 5.91 Å². The molecule has 2 amide bonds. The molecule has 33 heavy (non-hydrogen) atoms. The van der Waals surface area contributed by atoms with Crippen LogP contribution in [-0.4, -0.2) is 68.2 Å². The number of carbonyl (C=O) groups is 3. The molecule has 0 radical (unpaired) electrons. The van der Waals surface area contributed by atoms with Gasteiger partial charge in [0, 0.05) is 19.1 Å². The van der Waals surface area contributed by atoms with Gasteiger partial charge in [-0.1, -0.05) is 48.5 Å². The summed E-state index contributed by atoms with van der Waals surface area (Å²) in [6.45, 7) is 0.550. The van der Waals surface area contributed by atoms with Gasteiger partial charge in [-0.05, 0) is 28.7 Å². The van der Waals surface area contributed by atoms with Gasteiger partial charge in [-0.15, -0.1) is 0 Å². The predicted octanol–water partition coefficient (Wildman–Crippen LogP) is 1.90. The second-order valence-electron chi connectivity index (χ2n) is 7.90. The van der Waals surface area contributed by atoms with E-state index in [1.165, 1.54) is 0 Å². The van der Waals surface area contributed by atoms with Crippen molar-refractivity contribution in [2.24, 2.45) is 0 Å². The van der Waals surface area contributed by atoms with E-state index in [4.69, 9.17) is 19.3 Å². The molecule has 2 aromatic rings. The molecule has 9 heteroatoms. The van der Waals surface area contributed by atoms with E-state index in [-0.39, 0.29) is 38.9 Å². The molecule has 9 nitrogen and oxygen atoms in total. The van der Waals surface area contributed by atoms with E-state index >= 15 is 0 Å². The molecule has 0 saturated carbocycles. The zero-order valence-corrected chi connectivity index (χ0v) is 18.0. The van der Waals surface area contributed by atoms with E-state index in [0.29, 0.717) is 6.42 Å². The highest BCUT2D eigenvalue weighted by molar-refractivity contribution is 5.80.